The first kappa shape index (κ1) is 22.6. The van der Waals surface area contributed by atoms with E-state index in [1.54, 1.807) is 51.2 Å². The second kappa shape index (κ2) is 8.58. The monoisotopic (exact) mass is 445 g/mol. The maximum Gasteiger partial charge on any atom is 0.261 e. The number of rotatable bonds is 6. The van der Waals surface area contributed by atoms with E-state index in [1.807, 2.05) is 6.92 Å². The molecule has 0 bridgehead atoms. The lowest BCUT2D eigenvalue weighted by Crippen LogP contribution is -2.39. The third kappa shape index (κ3) is 4.99. The topological polar surface area (TPSA) is 105 Å². The summed E-state index contributed by atoms with van der Waals surface area (Å²) in [5.41, 5.74) is 0.635. The molecular weight excluding hydrogens is 418 g/mol. The molecule has 0 aliphatic carbocycles. The Morgan fingerprint density at radius 1 is 1.13 bits per heavy atom. The first-order valence-electron chi connectivity index (χ1n) is 10.0. The minimum absolute atomic E-state index is 0.0535. The van der Waals surface area contributed by atoms with Crippen LogP contribution in [0.1, 0.15) is 33.6 Å². The molecule has 2 aromatic carbocycles. The number of nitrogens with one attached hydrogen (secondary N) is 2. The normalized spacial score (nSPS) is 15.5. The third-order valence-corrected chi connectivity index (χ3v) is 6.37. The van der Waals surface area contributed by atoms with Gasteiger partial charge in [0.25, 0.3) is 10.0 Å². The lowest BCUT2D eigenvalue weighted by molar-refractivity contribution is -0.127. The van der Waals surface area contributed by atoms with Crippen molar-refractivity contribution in [3.8, 4) is 5.75 Å². The van der Waals surface area contributed by atoms with E-state index in [2.05, 4.69) is 10.0 Å². The number of ether oxygens (including phenoxy) is 1. The van der Waals surface area contributed by atoms with Gasteiger partial charge in [0.2, 0.25) is 11.8 Å². The molecule has 1 aliphatic heterocycles. The SMILES string of the molecule is CCCC(=O)Nc1ccc(S(=O)(=O)Nc2ccc3c(c2)N(C)C(=O)C(C)(C)CO3)cc1. The van der Waals surface area contributed by atoms with E-state index >= 15 is 0 Å². The molecule has 31 heavy (non-hydrogen) atoms. The maximum atomic E-state index is 12.8. The van der Waals surface area contributed by atoms with Crippen LogP contribution in [0.5, 0.6) is 5.75 Å². The highest BCUT2D eigenvalue weighted by molar-refractivity contribution is 7.92. The number of amides is 2. The van der Waals surface area contributed by atoms with Gasteiger partial charge in [-0.25, -0.2) is 8.42 Å². The number of carbonyl (C=O) groups is 2. The zero-order valence-corrected chi connectivity index (χ0v) is 18.9. The molecule has 8 nitrogen and oxygen atoms in total. The van der Waals surface area contributed by atoms with Crippen LogP contribution < -0.4 is 19.7 Å². The average Bonchev–Trinajstić information content (AvgIpc) is 2.79. The molecule has 0 saturated heterocycles. The number of nitrogens with zero attached hydrogens (tertiary/aromatic N) is 1. The van der Waals surface area contributed by atoms with Gasteiger partial charge in [0.15, 0.2) is 0 Å². The Labute approximate surface area is 182 Å². The van der Waals surface area contributed by atoms with Gasteiger partial charge in [-0.15, -0.1) is 0 Å². The van der Waals surface area contributed by atoms with Crippen molar-refractivity contribution in [3.05, 3.63) is 42.5 Å². The van der Waals surface area contributed by atoms with Crippen LogP contribution in [0.4, 0.5) is 17.1 Å². The van der Waals surface area contributed by atoms with Crippen molar-refractivity contribution in [2.45, 2.75) is 38.5 Å². The predicted molar refractivity (Wildman–Crippen MR) is 120 cm³/mol. The minimum atomic E-state index is -3.87. The molecule has 0 unspecified atom stereocenters. The fraction of sp³-hybridized carbons (Fsp3) is 0.364. The smallest absolute Gasteiger partial charge is 0.261 e. The van der Waals surface area contributed by atoms with E-state index in [1.165, 1.54) is 17.0 Å². The van der Waals surface area contributed by atoms with Gasteiger partial charge in [0.05, 0.1) is 21.7 Å². The Bertz CT molecular complexity index is 1090. The molecule has 3 rings (SSSR count). The molecule has 2 amide bonds. The second-order valence-electron chi connectivity index (χ2n) is 8.15. The standard InChI is InChI=1S/C22H27N3O5S/c1-5-6-20(26)23-15-7-10-17(11-8-15)31(28,29)24-16-9-12-19-18(13-16)25(4)21(27)22(2,3)14-30-19/h7-13,24H,5-6,14H2,1-4H3,(H,23,26). The van der Waals surface area contributed by atoms with Crippen molar-refractivity contribution in [1.29, 1.82) is 0 Å². The van der Waals surface area contributed by atoms with Gasteiger partial charge in [-0.2, -0.15) is 0 Å². The lowest BCUT2D eigenvalue weighted by Gasteiger charge is -2.24. The van der Waals surface area contributed by atoms with Gasteiger partial charge in [-0.1, -0.05) is 6.92 Å². The number of hydrogen-bond acceptors (Lipinski definition) is 5. The largest absolute Gasteiger partial charge is 0.490 e. The molecule has 0 radical (unpaired) electrons. The van der Waals surface area contributed by atoms with Crippen molar-refractivity contribution in [2.75, 3.05) is 28.6 Å². The summed E-state index contributed by atoms with van der Waals surface area (Å²) in [5.74, 6) is 0.272. The minimum Gasteiger partial charge on any atom is -0.490 e. The zero-order chi connectivity index (χ0) is 22.8. The van der Waals surface area contributed by atoms with Crippen molar-refractivity contribution >= 4 is 38.9 Å². The molecular formula is C22H27N3O5S. The summed E-state index contributed by atoms with van der Waals surface area (Å²) in [4.78, 5) is 25.9. The van der Waals surface area contributed by atoms with Gasteiger partial charge in [0.1, 0.15) is 12.4 Å². The Kier molecular flexibility index (Phi) is 6.26. The van der Waals surface area contributed by atoms with Crippen molar-refractivity contribution in [2.24, 2.45) is 5.41 Å². The Balaban J connectivity index is 1.80. The van der Waals surface area contributed by atoms with Gasteiger partial charge in [-0.3, -0.25) is 14.3 Å². The van der Waals surface area contributed by atoms with E-state index in [0.717, 1.165) is 6.42 Å². The fourth-order valence-electron chi connectivity index (χ4n) is 3.23. The summed E-state index contributed by atoms with van der Waals surface area (Å²) in [6, 6.07) is 10.7. The van der Waals surface area contributed by atoms with Crippen molar-refractivity contribution in [1.82, 2.24) is 0 Å². The van der Waals surface area contributed by atoms with Crippen LogP contribution >= 0.6 is 0 Å². The van der Waals surface area contributed by atoms with Gasteiger partial charge in [-0.05, 0) is 62.7 Å². The summed E-state index contributed by atoms with van der Waals surface area (Å²) in [5, 5.41) is 2.72. The van der Waals surface area contributed by atoms with Gasteiger partial charge < -0.3 is 15.0 Å². The molecule has 1 aliphatic rings. The van der Waals surface area contributed by atoms with Crippen LogP contribution in [0, 0.1) is 5.41 Å². The summed E-state index contributed by atoms with van der Waals surface area (Å²) in [7, 11) is -2.22. The summed E-state index contributed by atoms with van der Waals surface area (Å²) < 4.78 is 33.9. The first-order chi connectivity index (χ1) is 14.5. The first-order valence-corrected chi connectivity index (χ1v) is 11.5. The quantitative estimate of drug-likeness (QED) is 0.707. The molecule has 1 heterocycles. The van der Waals surface area contributed by atoms with E-state index in [-0.39, 0.29) is 23.3 Å². The van der Waals surface area contributed by atoms with Gasteiger partial charge >= 0.3 is 0 Å². The molecule has 0 aromatic heterocycles. The number of hydrogen-bond donors (Lipinski definition) is 2. The molecule has 2 aromatic rings. The summed E-state index contributed by atoms with van der Waals surface area (Å²) >= 11 is 0. The van der Waals surface area contributed by atoms with Crippen LogP contribution in [0.15, 0.2) is 47.4 Å². The van der Waals surface area contributed by atoms with Crippen molar-refractivity contribution < 1.29 is 22.7 Å². The molecule has 9 heteroatoms. The maximum absolute atomic E-state index is 12.8. The van der Waals surface area contributed by atoms with Gasteiger partial charge in [0, 0.05) is 19.2 Å². The van der Waals surface area contributed by atoms with Crippen LogP contribution in [0.25, 0.3) is 0 Å². The second-order valence-corrected chi connectivity index (χ2v) is 9.83. The average molecular weight is 446 g/mol. The number of anilines is 3. The Morgan fingerprint density at radius 2 is 1.77 bits per heavy atom. The number of carbonyl (C=O) groups excluding carboxylic acids is 2. The predicted octanol–water partition coefficient (Wildman–Crippen LogP) is 3.61. The van der Waals surface area contributed by atoms with E-state index in [0.29, 0.717) is 29.2 Å². The lowest BCUT2D eigenvalue weighted by atomic mass is 9.93. The fourth-order valence-corrected chi connectivity index (χ4v) is 4.28. The summed E-state index contributed by atoms with van der Waals surface area (Å²) in [6.07, 6.45) is 1.13. The van der Waals surface area contributed by atoms with Crippen LogP contribution in [-0.2, 0) is 19.6 Å². The molecule has 0 fully saturated rings. The van der Waals surface area contributed by atoms with E-state index < -0.39 is 15.4 Å². The zero-order valence-electron chi connectivity index (χ0n) is 18.1. The molecule has 0 atom stereocenters. The van der Waals surface area contributed by atoms with Crippen LogP contribution in [0.3, 0.4) is 0 Å². The number of fused-ring (bicyclic) bond motifs is 1. The van der Waals surface area contributed by atoms with Crippen molar-refractivity contribution in [3.63, 3.8) is 0 Å². The van der Waals surface area contributed by atoms with E-state index in [4.69, 9.17) is 4.74 Å². The highest BCUT2D eigenvalue weighted by Crippen LogP contribution is 2.37. The highest BCUT2D eigenvalue weighted by Gasteiger charge is 2.36. The molecule has 0 spiro atoms. The highest BCUT2D eigenvalue weighted by atomic mass is 32.2. The molecule has 0 saturated carbocycles. The van der Waals surface area contributed by atoms with Crippen LogP contribution in [0.2, 0.25) is 0 Å². The Hall–Kier alpha value is -3.07. The van der Waals surface area contributed by atoms with E-state index in [9.17, 15) is 18.0 Å². The number of sulfonamides is 1. The molecule has 2 N–H and O–H groups in total. The summed E-state index contributed by atoms with van der Waals surface area (Å²) in [6.45, 7) is 5.74. The third-order valence-electron chi connectivity index (χ3n) is 4.97. The molecule has 166 valence electrons. The Morgan fingerprint density at radius 3 is 2.42 bits per heavy atom. The van der Waals surface area contributed by atoms with Crippen LogP contribution in [-0.4, -0.2) is 33.9 Å². The number of benzene rings is 2.